The molecule has 2 aliphatic rings. The number of carbonyl (C=O) groups is 1. The van der Waals surface area contributed by atoms with E-state index in [-0.39, 0.29) is 12.0 Å². The molecule has 0 aromatic heterocycles. The van der Waals surface area contributed by atoms with Crippen molar-refractivity contribution in [3.63, 3.8) is 0 Å². The zero-order chi connectivity index (χ0) is 14.6. The van der Waals surface area contributed by atoms with Crippen molar-refractivity contribution in [2.75, 3.05) is 20.3 Å². The van der Waals surface area contributed by atoms with Crippen molar-refractivity contribution in [1.29, 1.82) is 0 Å². The molecule has 2 rings (SSSR count). The largest absolute Gasteiger partial charge is 0.468 e. The van der Waals surface area contributed by atoms with Crippen molar-refractivity contribution >= 4 is 5.97 Å². The Labute approximate surface area is 122 Å². The maximum absolute atomic E-state index is 12.3. The Morgan fingerprint density at radius 3 is 2.70 bits per heavy atom. The Kier molecular flexibility index (Phi) is 5.44. The van der Waals surface area contributed by atoms with Crippen molar-refractivity contribution in [1.82, 2.24) is 5.32 Å². The molecule has 2 aliphatic carbocycles. The predicted molar refractivity (Wildman–Crippen MR) is 78.5 cm³/mol. The molecule has 116 valence electrons. The van der Waals surface area contributed by atoms with Crippen LogP contribution in [0.3, 0.4) is 0 Å². The summed E-state index contributed by atoms with van der Waals surface area (Å²) >= 11 is 0. The minimum atomic E-state index is -0.494. The molecule has 2 saturated carbocycles. The van der Waals surface area contributed by atoms with Crippen LogP contribution in [0.15, 0.2) is 0 Å². The topological polar surface area (TPSA) is 47.6 Å². The Hall–Kier alpha value is -0.610. The first kappa shape index (κ1) is 15.8. The van der Waals surface area contributed by atoms with E-state index in [9.17, 15) is 4.79 Å². The predicted octanol–water partition coefficient (Wildman–Crippen LogP) is 2.51. The van der Waals surface area contributed by atoms with Crippen molar-refractivity contribution < 1.29 is 14.3 Å². The van der Waals surface area contributed by atoms with Gasteiger partial charge in [0.2, 0.25) is 0 Å². The third kappa shape index (κ3) is 3.73. The zero-order valence-electron chi connectivity index (χ0n) is 13.1. The van der Waals surface area contributed by atoms with Gasteiger partial charge in [-0.1, -0.05) is 6.42 Å². The second-order valence-corrected chi connectivity index (χ2v) is 6.66. The highest BCUT2D eigenvalue weighted by molar-refractivity contribution is 5.81. The number of hydrogen-bond donors (Lipinski definition) is 1. The molecule has 1 N–H and O–H groups in total. The molecular formula is C16H29NO3. The first-order valence-corrected chi connectivity index (χ1v) is 8.02. The summed E-state index contributed by atoms with van der Waals surface area (Å²) in [5, 5.41) is 3.49. The quantitative estimate of drug-likeness (QED) is 0.549. The van der Waals surface area contributed by atoms with Crippen LogP contribution in [-0.4, -0.2) is 37.9 Å². The highest BCUT2D eigenvalue weighted by Gasteiger charge is 2.49. The summed E-state index contributed by atoms with van der Waals surface area (Å²) in [6, 6.07) is 0.280. The van der Waals surface area contributed by atoms with Gasteiger partial charge in [0.05, 0.1) is 7.11 Å². The van der Waals surface area contributed by atoms with Crippen molar-refractivity contribution in [2.24, 2.45) is 11.8 Å². The lowest BCUT2D eigenvalue weighted by Crippen LogP contribution is -2.57. The average molecular weight is 283 g/mol. The summed E-state index contributed by atoms with van der Waals surface area (Å²) < 4.78 is 10.8. The van der Waals surface area contributed by atoms with Gasteiger partial charge < -0.3 is 9.47 Å². The minimum absolute atomic E-state index is 0.101. The van der Waals surface area contributed by atoms with E-state index in [1.165, 1.54) is 20.0 Å². The van der Waals surface area contributed by atoms with Crippen LogP contribution >= 0.6 is 0 Å². The van der Waals surface area contributed by atoms with Crippen LogP contribution in [0.5, 0.6) is 0 Å². The minimum Gasteiger partial charge on any atom is -0.468 e. The third-order valence-corrected chi connectivity index (χ3v) is 4.58. The fraction of sp³-hybridized carbons (Fsp3) is 0.938. The molecule has 20 heavy (non-hydrogen) atoms. The number of ether oxygens (including phenoxy) is 2. The lowest BCUT2D eigenvalue weighted by molar-refractivity contribution is -0.151. The maximum atomic E-state index is 12.3. The average Bonchev–Trinajstić information content (AvgIpc) is 3.15. The first-order chi connectivity index (χ1) is 9.58. The first-order valence-electron chi connectivity index (χ1n) is 8.02. The van der Waals surface area contributed by atoms with Gasteiger partial charge in [0.1, 0.15) is 5.54 Å². The lowest BCUT2D eigenvalue weighted by Gasteiger charge is -2.35. The van der Waals surface area contributed by atoms with E-state index in [0.717, 1.165) is 44.8 Å². The molecule has 0 saturated heterocycles. The molecular weight excluding hydrogens is 254 g/mol. The van der Waals surface area contributed by atoms with E-state index in [1.807, 2.05) is 0 Å². The molecule has 0 aromatic carbocycles. The fourth-order valence-corrected chi connectivity index (χ4v) is 3.44. The van der Waals surface area contributed by atoms with Crippen molar-refractivity contribution in [3.05, 3.63) is 0 Å². The molecule has 0 radical (unpaired) electrons. The fourth-order valence-electron chi connectivity index (χ4n) is 3.44. The summed E-state index contributed by atoms with van der Waals surface area (Å²) in [4.78, 5) is 12.3. The van der Waals surface area contributed by atoms with Crippen LogP contribution < -0.4 is 5.32 Å². The molecule has 4 heteroatoms. The van der Waals surface area contributed by atoms with E-state index in [1.54, 1.807) is 0 Å². The van der Waals surface area contributed by atoms with Gasteiger partial charge in [-0.15, -0.1) is 0 Å². The van der Waals surface area contributed by atoms with E-state index >= 15 is 0 Å². The molecule has 0 aliphatic heterocycles. The molecule has 2 fully saturated rings. The number of rotatable bonds is 8. The summed E-state index contributed by atoms with van der Waals surface area (Å²) in [5.41, 5.74) is -0.494. The van der Waals surface area contributed by atoms with Gasteiger partial charge in [0.25, 0.3) is 0 Å². The molecule has 0 spiro atoms. The van der Waals surface area contributed by atoms with Crippen LogP contribution in [-0.2, 0) is 14.3 Å². The summed E-state index contributed by atoms with van der Waals surface area (Å²) in [5.74, 6) is 1.03. The number of nitrogens with one attached hydrogen (secondary N) is 1. The molecule has 0 heterocycles. The smallest absolute Gasteiger partial charge is 0.326 e. The Morgan fingerprint density at radius 1 is 1.35 bits per heavy atom. The molecule has 4 nitrogen and oxygen atoms in total. The standard InChI is InChI=1S/C16H29NO3/c1-12(2)17-16(15(18)19-3)9-4-5-14(16)8-10-20-11-13-6-7-13/h12-14,17H,4-11H2,1-3H3. The van der Waals surface area contributed by atoms with Gasteiger partial charge in [-0.05, 0) is 57.8 Å². The highest BCUT2D eigenvalue weighted by atomic mass is 16.5. The Morgan fingerprint density at radius 2 is 2.10 bits per heavy atom. The second kappa shape index (κ2) is 6.90. The monoisotopic (exact) mass is 283 g/mol. The summed E-state index contributed by atoms with van der Waals surface area (Å²) in [6.07, 6.45) is 6.64. The van der Waals surface area contributed by atoms with Crippen LogP contribution in [0, 0.1) is 11.8 Å². The number of methoxy groups -OCH3 is 1. The normalized spacial score (nSPS) is 29.9. The van der Waals surface area contributed by atoms with Crippen LogP contribution in [0.25, 0.3) is 0 Å². The van der Waals surface area contributed by atoms with Gasteiger partial charge in [0.15, 0.2) is 0 Å². The number of esters is 1. The maximum Gasteiger partial charge on any atom is 0.326 e. The van der Waals surface area contributed by atoms with Crippen LogP contribution in [0.4, 0.5) is 0 Å². The second-order valence-electron chi connectivity index (χ2n) is 6.66. The van der Waals surface area contributed by atoms with Crippen molar-refractivity contribution in [3.8, 4) is 0 Å². The van der Waals surface area contributed by atoms with Gasteiger partial charge in [-0.25, -0.2) is 0 Å². The summed E-state index contributed by atoms with van der Waals surface area (Å²) in [7, 11) is 1.49. The summed E-state index contributed by atoms with van der Waals surface area (Å²) in [6.45, 7) is 5.84. The third-order valence-electron chi connectivity index (χ3n) is 4.58. The van der Waals surface area contributed by atoms with Gasteiger partial charge in [0, 0.05) is 19.3 Å². The van der Waals surface area contributed by atoms with Gasteiger partial charge in [-0.3, -0.25) is 10.1 Å². The van der Waals surface area contributed by atoms with Gasteiger partial charge >= 0.3 is 5.97 Å². The molecule has 2 unspecified atom stereocenters. The van der Waals surface area contributed by atoms with Crippen molar-refractivity contribution in [2.45, 2.75) is 64.0 Å². The Bertz CT molecular complexity index is 328. The van der Waals surface area contributed by atoms with Crippen LogP contribution in [0.1, 0.15) is 52.4 Å². The Balaban J connectivity index is 1.90. The number of carbonyl (C=O) groups excluding carboxylic acids is 1. The van der Waals surface area contributed by atoms with E-state index in [4.69, 9.17) is 9.47 Å². The highest BCUT2D eigenvalue weighted by Crippen LogP contribution is 2.39. The van der Waals surface area contributed by atoms with Crippen LogP contribution in [0.2, 0.25) is 0 Å². The lowest BCUT2D eigenvalue weighted by atomic mass is 9.84. The van der Waals surface area contributed by atoms with E-state index in [2.05, 4.69) is 19.2 Å². The molecule has 0 bridgehead atoms. The SMILES string of the molecule is COC(=O)C1(NC(C)C)CCCC1CCOCC1CC1. The zero-order valence-corrected chi connectivity index (χ0v) is 13.1. The molecule has 0 amide bonds. The van der Waals surface area contributed by atoms with E-state index < -0.39 is 5.54 Å². The molecule has 0 aromatic rings. The number of hydrogen-bond acceptors (Lipinski definition) is 4. The van der Waals surface area contributed by atoms with E-state index in [0.29, 0.717) is 5.92 Å². The molecule has 2 atom stereocenters. The van der Waals surface area contributed by atoms with Gasteiger partial charge in [-0.2, -0.15) is 0 Å².